The molecule has 0 saturated carbocycles. The first-order valence-corrected chi connectivity index (χ1v) is 8.10. The molecule has 1 aromatic carbocycles. The van der Waals surface area contributed by atoms with Crippen LogP contribution in [0.2, 0.25) is 0 Å². The highest BCUT2D eigenvalue weighted by molar-refractivity contribution is 5.96. The number of carbonyl (C=O) groups excluding carboxylic acids is 1. The lowest BCUT2D eigenvalue weighted by molar-refractivity contribution is 0.0945. The number of ether oxygens (including phenoxy) is 1. The van der Waals surface area contributed by atoms with Crippen molar-refractivity contribution < 1.29 is 13.9 Å². The van der Waals surface area contributed by atoms with Crippen molar-refractivity contribution in [3.05, 3.63) is 54.4 Å². The molecule has 5 heteroatoms. The molecule has 1 saturated heterocycles. The van der Waals surface area contributed by atoms with Crippen LogP contribution in [0.15, 0.2) is 53.3 Å². The Kier molecular flexibility index (Phi) is 4.01. The molecule has 122 valence electrons. The lowest BCUT2D eigenvalue weighted by Gasteiger charge is -2.10. The molecule has 1 unspecified atom stereocenters. The van der Waals surface area contributed by atoms with Gasteiger partial charge >= 0.3 is 0 Å². The molecule has 1 amide bonds. The number of rotatable bonds is 4. The second-order valence-electron chi connectivity index (χ2n) is 6.01. The molecular formula is C19H18N2O3. The van der Waals surface area contributed by atoms with Gasteiger partial charge in [0.05, 0.1) is 18.6 Å². The maximum absolute atomic E-state index is 12.2. The van der Waals surface area contributed by atoms with Gasteiger partial charge in [0.25, 0.3) is 5.91 Å². The van der Waals surface area contributed by atoms with Crippen LogP contribution in [0.4, 0.5) is 0 Å². The van der Waals surface area contributed by atoms with Crippen molar-refractivity contribution >= 4 is 16.9 Å². The maximum Gasteiger partial charge on any atom is 0.251 e. The summed E-state index contributed by atoms with van der Waals surface area (Å²) in [7, 11) is 0. The molecule has 0 aliphatic carbocycles. The van der Waals surface area contributed by atoms with Crippen molar-refractivity contribution in [3.63, 3.8) is 0 Å². The van der Waals surface area contributed by atoms with Crippen LogP contribution in [0.1, 0.15) is 16.8 Å². The lowest BCUT2D eigenvalue weighted by Crippen LogP contribution is -2.29. The molecule has 4 rings (SSSR count). The van der Waals surface area contributed by atoms with Crippen LogP contribution >= 0.6 is 0 Å². The second-order valence-corrected chi connectivity index (χ2v) is 6.01. The van der Waals surface area contributed by atoms with Crippen molar-refractivity contribution in [2.24, 2.45) is 5.92 Å². The van der Waals surface area contributed by atoms with E-state index < -0.39 is 0 Å². The zero-order chi connectivity index (χ0) is 16.4. The summed E-state index contributed by atoms with van der Waals surface area (Å²) in [5.41, 5.74) is 3.27. The van der Waals surface area contributed by atoms with E-state index in [-0.39, 0.29) is 5.91 Å². The Labute approximate surface area is 139 Å². The molecule has 0 bridgehead atoms. The van der Waals surface area contributed by atoms with E-state index in [0.29, 0.717) is 18.0 Å². The standard InChI is InChI=1S/C19H18N2O3/c22-19(21-11-13-6-9-23-12-13)15-3-1-14(2-4-15)18-16-7-10-24-17(16)5-8-20-18/h1-5,7-8,10,13H,6,9,11-12H2,(H,21,22). The van der Waals surface area contributed by atoms with Crippen LogP contribution < -0.4 is 5.32 Å². The van der Waals surface area contributed by atoms with Crippen LogP contribution in [0, 0.1) is 5.92 Å². The van der Waals surface area contributed by atoms with Gasteiger partial charge in [-0.05, 0) is 30.7 Å². The number of furan rings is 1. The van der Waals surface area contributed by atoms with Gasteiger partial charge in [-0.2, -0.15) is 0 Å². The Morgan fingerprint density at radius 3 is 2.88 bits per heavy atom. The fourth-order valence-corrected chi connectivity index (χ4v) is 2.99. The minimum absolute atomic E-state index is 0.0528. The number of nitrogens with zero attached hydrogens (tertiary/aromatic N) is 1. The van der Waals surface area contributed by atoms with Crippen LogP contribution in [0.5, 0.6) is 0 Å². The number of nitrogens with one attached hydrogen (secondary N) is 1. The molecule has 3 aromatic rings. The highest BCUT2D eigenvalue weighted by atomic mass is 16.5. The zero-order valence-electron chi connectivity index (χ0n) is 13.2. The molecule has 0 radical (unpaired) electrons. The molecule has 2 aromatic heterocycles. The zero-order valence-corrected chi connectivity index (χ0v) is 13.2. The summed E-state index contributed by atoms with van der Waals surface area (Å²) in [6.07, 6.45) is 4.40. The number of amides is 1. The van der Waals surface area contributed by atoms with Crippen molar-refractivity contribution in [2.45, 2.75) is 6.42 Å². The Bertz CT molecular complexity index is 848. The molecule has 5 nitrogen and oxygen atoms in total. The lowest BCUT2D eigenvalue weighted by atomic mass is 10.1. The molecular weight excluding hydrogens is 304 g/mol. The van der Waals surface area contributed by atoms with Crippen LogP contribution in [-0.2, 0) is 4.74 Å². The molecule has 0 spiro atoms. The number of pyridine rings is 1. The van der Waals surface area contributed by atoms with E-state index in [2.05, 4.69) is 10.3 Å². The van der Waals surface area contributed by atoms with Crippen LogP contribution in [0.3, 0.4) is 0 Å². The predicted molar refractivity (Wildman–Crippen MR) is 90.7 cm³/mol. The van der Waals surface area contributed by atoms with E-state index in [0.717, 1.165) is 41.9 Å². The van der Waals surface area contributed by atoms with E-state index in [1.54, 1.807) is 12.5 Å². The summed E-state index contributed by atoms with van der Waals surface area (Å²) in [6.45, 7) is 2.19. The summed E-state index contributed by atoms with van der Waals surface area (Å²) < 4.78 is 10.7. The third-order valence-corrected chi connectivity index (χ3v) is 4.38. The maximum atomic E-state index is 12.2. The van der Waals surface area contributed by atoms with E-state index in [1.807, 2.05) is 36.4 Å². The van der Waals surface area contributed by atoms with Crippen molar-refractivity contribution in [1.82, 2.24) is 10.3 Å². The fourth-order valence-electron chi connectivity index (χ4n) is 2.99. The molecule has 3 heterocycles. The molecule has 1 atom stereocenters. The van der Waals surface area contributed by atoms with Gasteiger partial charge in [0.1, 0.15) is 5.58 Å². The number of carbonyl (C=O) groups is 1. The van der Waals surface area contributed by atoms with Gasteiger partial charge in [0.15, 0.2) is 0 Å². The average Bonchev–Trinajstić information content (AvgIpc) is 3.31. The van der Waals surface area contributed by atoms with Gasteiger partial charge in [-0.25, -0.2) is 0 Å². The van der Waals surface area contributed by atoms with Crippen LogP contribution in [-0.4, -0.2) is 30.6 Å². The Morgan fingerprint density at radius 1 is 1.21 bits per heavy atom. The van der Waals surface area contributed by atoms with Crippen LogP contribution in [0.25, 0.3) is 22.2 Å². The van der Waals surface area contributed by atoms with E-state index in [4.69, 9.17) is 9.15 Å². The topological polar surface area (TPSA) is 64.4 Å². The monoisotopic (exact) mass is 322 g/mol. The summed E-state index contributed by atoms with van der Waals surface area (Å²) in [4.78, 5) is 16.7. The number of fused-ring (bicyclic) bond motifs is 1. The molecule has 1 aliphatic rings. The molecule has 24 heavy (non-hydrogen) atoms. The SMILES string of the molecule is O=C(NCC1CCOC1)c1ccc(-c2nccc3occc23)cc1. The van der Waals surface area contributed by atoms with Crippen molar-refractivity contribution in [1.29, 1.82) is 0 Å². The smallest absolute Gasteiger partial charge is 0.251 e. The molecule has 1 aliphatic heterocycles. The summed E-state index contributed by atoms with van der Waals surface area (Å²) >= 11 is 0. The highest BCUT2D eigenvalue weighted by Crippen LogP contribution is 2.27. The first kappa shape index (κ1) is 14.9. The fraction of sp³-hybridized carbons (Fsp3) is 0.263. The summed E-state index contributed by atoms with van der Waals surface area (Å²) in [5.74, 6) is 0.374. The first-order chi connectivity index (χ1) is 11.8. The minimum atomic E-state index is -0.0528. The van der Waals surface area contributed by atoms with Gasteiger partial charge in [0.2, 0.25) is 0 Å². The minimum Gasteiger partial charge on any atom is -0.464 e. The highest BCUT2D eigenvalue weighted by Gasteiger charge is 2.17. The third kappa shape index (κ3) is 2.90. The normalized spacial score (nSPS) is 17.2. The predicted octanol–water partition coefficient (Wildman–Crippen LogP) is 3.26. The third-order valence-electron chi connectivity index (χ3n) is 4.38. The van der Waals surface area contributed by atoms with Gasteiger partial charge in [-0.1, -0.05) is 12.1 Å². The molecule has 1 N–H and O–H groups in total. The largest absolute Gasteiger partial charge is 0.464 e. The van der Waals surface area contributed by atoms with Gasteiger partial charge in [-0.15, -0.1) is 0 Å². The van der Waals surface area contributed by atoms with Crippen molar-refractivity contribution in [2.75, 3.05) is 19.8 Å². The number of hydrogen-bond acceptors (Lipinski definition) is 4. The number of benzene rings is 1. The molecule has 1 fully saturated rings. The van der Waals surface area contributed by atoms with E-state index in [1.165, 1.54) is 0 Å². The van der Waals surface area contributed by atoms with Gasteiger partial charge in [0, 0.05) is 41.8 Å². The van der Waals surface area contributed by atoms with Crippen molar-refractivity contribution in [3.8, 4) is 11.3 Å². The Morgan fingerprint density at radius 2 is 2.08 bits per heavy atom. The number of aromatic nitrogens is 1. The first-order valence-electron chi connectivity index (χ1n) is 8.10. The second kappa shape index (κ2) is 6.45. The van der Waals surface area contributed by atoms with Gasteiger partial charge < -0.3 is 14.5 Å². The Hall–Kier alpha value is -2.66. The summed E-state index contributed by atoms with van der Waals surface area (Å²) in [6, 6.07) is 11.2. The average molecular weight is 322 g/mol. The van der Waals surface area contributed by atoms with E-state index >= 15 is 0 Å². The van der Waals surface area contributed by atoms with Gasteiger partial charge in [-0.3, -0.25) is 9.78 Å². The number of hydrogen-bond donors (Lipinski definition) is 1. The van der Waals surface area contributed by atoms with E-state index in [9.17, 15) is 4.79 Å². The summed E-state index contributed by atoms with van der Waals surface area (Å²) in [5, 5.41) is 3.94. The quantitative estimate of drug-likeness (QED) is 0.801. The Balaban J connectivity index is 1.50.